The number of nitrogens with zero attached hydrogens (tertiary/aromatic N) is 1. The highest BCUT2D eigenvalue weighted by Gasteiger charge is 2.35. The zero-order valence-corrected chi connectivity index (χ0v) is 9.84. The van der Waals surface area contributed by atoms with Crippen LogP contribution in [0.1, 0.15) is 29.6 Å². The molecule has 0 amide bonds. The monoisotopic (exact) mass is 231 g/mol. The average molecular weight is 231 g/mol. The summed E-state index contributed by atoms with van der Waals surface area (Å²) in [5.74, 6) is 0.566. The van der Waals surface area contributed by atoms with Gasteiger partial charge in [0.25, 0.3) is 0 Å². The number of ether oxygens (including phenoxy) is 1. The van der Waals surface area contributed by atoms with Gasteiger partial charge in [0, 0.05) is 19.5 Å². The third-order valence-corrected chi connectivity index (χ3v) is 3.84. The Labute approximate surface area is 101 Å². The maximum Gasteiger partial charge on any atom is 0.339 e. The molecule has 17 heavy (non-hydrogen) atoms. The van der Waals surface area contributed by atoms with Crippen molar-refractivity contribution in [2.24, 2.45) is 5.92 Å². The van der Waals surface area contributed by atoms with Gasteiger partial charge in [-0.05, 0) is 30.9 Å². The zero-order valence-electron chi connectivity index (χ0n) is 9.84. The van der Waals surface area contributed by atoms with Crippen molar-refractivity contribution in [1.82, 2.24) is 4.90 Å². The second-order valence-corrected chi connectivity index (χ2v) is 4.94. The molecule has 1 atom stereocenters. The lowest BCUT2D eigenvalue weighted by Crippen LogP contribution is -2.50. The first-order chi connectivity index (χ1) is 8.33. The van der Waals surface area contributed by atoms with Crippen LogP contribution in [0, 0.1) is 5.92 Å². The molecule has 4 rings (SSSR count). The number of piperidine rings is 3. The molecule has 0 saturated carbocycles. The highest BCUT2D eigenvalue weighted by atomic mass is 16.6. The maximum atomic E-state index is 11.9. The molecule has 3 nitrogen and oxygen atoms in total. The zero-order chi connectivity index (χ0) is 11.7. The molecule has 3 fully saturated rings. The molecule has 3 aliphatic heterocycles. The Bertz CT molecular complexity index is 396. The van der Waals surface area contributed by atoms with Crippen LogP contribution in [-0.4, -0.2) is 30.2 Å². The number of benzene rings is 1. The molecule has 1 aromatic rings. The van der Waals surface area contributed by atoms with E-state index in [4.69, 9.17) is 4.74 Å². The predicted molar refractivity (Wildman–Crippen MR) is 64.6 cm³/mol. The van der Waals surface area contributed by atoms with Crippen LogP contribution in [0.3, 0.4) is 0 Å². The molecule has 0 aliphatic carbocycles. The molecular weight excluding hydrogens is 214 g/mol. The van der Waals surface area contributed by atoms with Crippen molar-refractivity contribution in [3.63, 3.8) is 0 Å². The largest absolute Gasteiger partial charge is 0.443 e. The summed E-state index contributed by atoms with van der Waals surface area (Å²) in [4.78, 5) is 14.2. The van der Waals surface area contributed by atoms with Crippen LogP contribution in [0.15, 0.2) is 30.3 Å². The van der Waals surface area contributed by atoms with E-state index in [0.29, 0.717) is 5.56 Å². The van der Waals surface area contributed by atoms with Crippen molar-refractivity contribution in [3.05, 3.63) is 35.9 Å². The molecule has 3 saturated heterocycles. The summed E-state index contributed by atoms with van der Waals surface area (Å²) in [6, 6.07) is 9.24. The molecule has 0 spiro atoms. The average Bonchev–Trinajstić information content (AvgIpc) is 2.41. The van der Waals surface area contributed by atoms with E-state index in [-0.39, 0.29) is 12.2 Å². The van der Waals surface area contributed by atoms with Crippen LogP contribution in [0.25, 0.3) is 0 Å². The van der Waals surface area contributed by atoms with Gasteiger partial charge in [0.15, 0.2) is 6.23 Å². The van der Waals surface area contributed by atoms with Crippen LogP contribution in [-0.2, 0) is 4.74 Å². The van der Waals surface area contributed by atoms with Crippen molar-refractivity contribution >= 4 is 5.97 Å². The minimum absolute atomic E-state index is 0.00945. The van der Waals surface area contributed by atoms with E-state index in [9.17, 15) is 4.79 Å². The Morgan fingerprint density at radius 2 is 1.88 bits per heavy atom. The van der Waals surface area contributed by atoms with Crippen LogP contribution in [0.4, 0.5) is 0 Å². The summed E-state index contributed by atoms with van der Waals surface area (Å²) >= 11 is 0. The van der Waals surface area contributed by atoms with Gasteiger partial charge in [-0.3, -0.25) is 4.90 Å². The van der Waals surface area contributed by atoms with Crippen LogP contribution < -0.4 is 0 Å². The van der Waals surface area contributed by atoms with Crippen LogP contribution >= 0.6 is 0 Å². The molecule has 3 aliphatic rings. The van der Waals surface area contributed by atoms with E-state index >= 15 is 0 Å². The standard InChI is InChI=1S/C14H17NO2/c16-14(12-4-2-1-3-5-12)17-13-10-11-6-8-15(13)9-7-11/h1-5,11,13H,6-10H2. The van der Waals surface area contributed by atoms with Gasteiger partial charge in [-0.2, -0.15) is 0 Å². The topological polar surface area (TPSA) is 29.5 Å². The second kappa shape index (κ2) is 4.49. The number of rotatable bonds is 2. The molecule has 3 heterocycles. The lowest BCUT2D eigenvalue weighted by atomic mass is 9.87. The van der Waals surface area contributed by atoms with Crippen molar-refractivity contribution in [2.45, 2.75) is 25.5 Å². The normalized spacial score (nSPS) is 31.2. The molecule has 3 heteroatoms. The van der Waals surface area contributed by atoms with E-state index in [1.54, 1.807) is 12.1 Å². The quantitative estimate of drug-likeness (QED) is 0.731. The molecule has 0 aromatic heterocycles. The van der Waals surface area contributed by atoms with Crippen molar-refractivity contribution < 1.29 is 9.53 Å². The van der Waals surface area contributed by atoms with Crippen LogP contribution in [0.2, 0.25) is 0 Å². The highest BCUT2D eigenvalue weighted by Crippen LogP contribution is 2.32. The number of esters is 1. The predicted octanol–water partition coefficient (Wildman–Crippen LogP) is 2.29. The van der Waals surface area contributed by atoms with Gasteiger partial charge in [0.2, 0.25) is 0 Å². The first-order valence-electron chi connectivity index (χ1n) is 6.33. The van der Waals surface area contributed by atoms with Gasteiger partial charge in [0.05, 0.1) is 5.56 Å². The van der Waals surface area contributed by atoms with Crippen LogP contribution in [0.5, 0.6) is 0 Å². The molecule has 0 radical (unpaired) electrons. The molecular formula is C14H17NO2. The maximum absolute atomic E-state index is 11.9. The van der Waals surface area contributed by atoms with Gasteiger partial charge >= 0.3 is 5.97 Å². The molecule has 90 valence electrons. The lowest BCUT2D eigenvalue weighted by Gasteiger charge is -2.44. The lowest BCUT2D eigenvalue weighted by molar-refractivity contribution is -0.0900. The van der Waals surface area contributed by atoms with Crippen molar-refractivity contribution in [3.8, 4) is 0 Å². The Kier molecular flexibility index (Phi) is 2.85. The Balaban J connectivity index is 1.66. The minimum Gasteiger partial charge on any atom is -0.443 e. The Morgan fingerprint density at radius 3 is 2.47 bits per heavy atom. The first-order valence-corrected chi connectivity index (χ1v) is 6.33. The van der Waals surface area contributed by atoms with Crippen molar-refractivity contribution in [1.29, 1.82) is 0 Å². The van der Waals surface area contributed by atoms with E-state index in [2.05, 4.69) is 4.90 Å². The number of carbonyl (C=O) groups is 1. The van der Waals surface area contributed by atoms with E-state index in [1.807, 2.05) is 18.2 Å². The van der Waals surface area contributed by atoms with Crippen molar-refractivity contribution in [2.75, 3.05) is 13.1 Å². The second-order valence-electron chi connectivity index (χ2n) is 4.94. The van der Waals surface area contributed by atoms with Gasteiger partial charge < -0.3 is 4.74 Å². The molecule has 0 N–H and O–H groups in total. The Morgan fingerprint density at radius 1 is 1.18 bits per heavy atom. The Hall–Kier alpha value is -1.35. The number of fused-ring (bicyclic) bond motifs is 3. The fourth-order valence-corrected chi connectivity index (χ4v) is 2.80. The van der Waals surface area contributed by atoms with Gasteiger partial charge in [-0.25, -0.2) is 4.79 Å². The fourth-order valence-electron chi connectivity index (χ4n) is 2.80. The van der Waals surface area contributed by atoms with E-state index in [1.165, 1.54) is 12.8 Å². The van der Waals surface area contributed by atoms with Gasteiger partial charge in [0.1, 0.15) is 0 Å². The van der Waals surface area contributed by atoms with Gasteiger partial charge in [-0.1, -0.05) is 18.2 Å². The highest BCUT2D eigenvalue weighted by molar-refractivity contribution is 5.89. The molecule has 1 unspecified atom stereocenters. The molecule has 2 bridgehead atoms. The summed E-state index contributed by atoms with van der Waals surface area (Å²) in [5, 5.41) is 0. The third kappa shape index (κ3) is 2.20. The van der Waals surface area contributed by atoms with Gasteiger partial charge in [-0.15, -0.1) is 0 Å². The number of hydrogen-bond donors (Lipinski definition) is 0. The molecule has 1 aromatic carbocycles. The minimum atomic E-state index is -0.192. The SMILES string of the molecule is O=C(OC1CC2CCN1CC2)c1ccccc1. The number of hydrogen-bond acceptors (Lipinski definition) is 3. The summed E-state index contributed by atoms with van der Waals surface area (Å²) < 4.78 is 5.60. The third-order valence-electron chi connectivity index (χ3n) is 3.84. The summed E-state index contributed by atoms with van der Waals surface area (Å²) in [6.07, 6.45) is 3.55. The summed E-state index contributed by atoms with van der Waals surface area (Å²) in [5.41, 5.74) is 0.648. The fraction of sp³-hybridized carbons (Fsp3) is 0.500. The first kappa shape index (κ1) is 10.8. The number of carbonyl (C=O) groups excluding carboxylic acids is 1. The smallest absolute Gasteiger partial charge is 0.339 e. The summed E-state index contributed by atoms with van der Waals surface area (Å²) in [6.45, 7) is 2.16. The van der Waals surface area contributed by atoms with E-state index < -0.39 is 0 Å². The van der Waals surface area contributed by atoms with E-state index in [0.717, 1.165) is 25.4 Å². The summed E-state index contributed by atoms with van der Waals surface area (Å²) in [7, 11) is 0.